The lowest BCUT2D eigenvalue weighted by Gasteiger charge is -2.33. The molecule has 4 aliphatic rings. The first-order valence-corrected chi connectivity index (χ1v) is 15.5. The number of thiophene rings is 2. The molecular formula is C33H23BF2N2S2. The van der Waals surface area contributed by atoms with E-state index < -0.39 is 6.97 Å². The van der Waals surface area contributed by atoms with E-state index in [1.54, 1.807) is 22.7 Å². The fourth-order valence-corrected chi connectivity index (χ4v) is 9.03. The van der Waals surface area contributed by atoms with Crippen molar-refractivity contribution in [2.24, 2.45) is 0 Å². The van der Waals surface area contributed by atoms with E-state index >= 15 is 8.63 Å². The van der Waals surface area contributed by atoms with Gasteiger partial charge in [-0.15, -0.1) is 22.7 Å². The van der Waals surface area contributed by atoms with Gasteiger partial charge in [0, 0.05) is 43.9 Å². The molecule has 2 aliphatic heterocycles. The van der Waals surface area contributed by atoms with E-state index in [-0.39, 0.29) is 0 Å². The third kappa shape index (κ3) is 2.89. The second kappa shape index (κ2) is 8.12. The Bertz CT molecular complexity index is 1970. The maximum atomic E-state index is 17.6. The van der Waals surface area contributed by atoms with Crippen LogP contribution in [-0.4, -0.2) is 21.6 Å². The molecule has 0 fully saturated rings. The van der Waals surface area contributed by atoms with E-state index in [0.717, 1.165) is 80.0 Å². The maximum absolute atomic E-state index is 17.6. The van der Waals surface area contributed by atoms with E-state index in [4.69, 9.17) is 0 Å². The van der Waals surface area contributed by atoms with Crippen molar-refractivity contribution in [3.05, 3.63) is 128 Å². The molecule has 5 aromatic rings. The largest absolute Gasteiger partial charge is 0.737 e. The van der Waals surface area contributed by atoms with Crippen LogP contribution < -0.4 is 0 Å². The molecule has 40 heavy (non-hydrogen) atoms. The number of fused-ring (bicyclic) bond motifs is 9. The maximum Gasteiger partial charge on any atom is 0.737 e. The van der Waals surface area contributed by atoms with Gasteiger partial charge in [-0.2, -0.15) is 0 Å². The van der Waals surface area contributed by atoms with E-state index in [0.29, 0.717) is 22.8 Å². The number of nitrogens with zero attached hydrogens (tertiary/aromatic N) is 2. The lowest BCUT2D eigenvalue weighted by Crippen LogP contribution is -2.51. The predicted octanol–water partition coefficient (Wildman–Crippen LogP) is 8.54. The summed E-state index contributed by atoms with van der Waals surface area (Å²) in [6.07, 6.45) is 5.31. The second-order valence-electron chi connectivity index (χ2n) is 10.9. The highest BCUT2D eigenvalue weighted by Gasteiger charge is 2.58. The summed E-state index contributed by atoms with van der Waals surface area (Å²) in [6, 6.07) is 24.4. The van der Waals surface area contributed by atoms with E-state index in [1.165, 1.54) is 8.96 Å². The topological polar surface area (TPSA) is 7.94 Å². The molecular weight excluding hydrogens is 537 g/mol. The summed E-state index contributed by atoms with van der Waals surface area (Å²) in [7, 11) is 0. The fourth-order valence-electron chi connectivity index (χ4n) is 7.41. The molecule has 2 aliphatic carbocycles. The first-order valence-electron chi connectivity index (χ1n) is 13.8. The summed E-state index contributed by atoms with van der Waals surface area (Å²) in [5, 5.41) is 4.09. The Morgan fingerprint density at radius 2 is 1.40 bits per heavy atom. The molecule has 2 nitrogen and oxygen atoms in total. The van der Waals surface area contributed by atoms with Crippen LogP contribution in [0.1, 0.15) is 39.2 Å². The minimum atomic E-state index is -4.20. The van der Waals surface area contributed by atoms with Crippen molar-refractivity contribution in [2.45, 2.75) is 25.7 Å². The smallest absolute Gasteiger partial charge is 0.389 e. The third-order valence-corrected chi connectivity index (χ3v) is 10.7. The molecule has 5 heterocycles. The van der Waals surface area contributed by atoms with E-state index in [9.17, 15) is 0 Å². The first-order chi connectivity index (χ1) is 19.6. The Morgan fingerprint density at radius 3 is 2.15 bits per heavy atom. The molecule has 9 rings (SSSR count). The number of rotatable bonds is 2. The van der Waals surface area contributed by atoms with E-state index in [1.807, 2.05) is 59.3 Å². The van der Waals surface area contributed by atoms with Crippen molar-refractivity contribution in [2.75, 3.05) is 0 Å². The van der Waals surface area contributed by atoms with Crippen LogP contribution in [0.5, 0.6) is 0 Å². The molecule has 3 aromatic heterocycles. The Balaban J connectivity index is 1.44. The molecule has 194 valence electrons. The third-order valence-electron chi connectivity index (χ3n) is 8.95. The molecule has 0 unspecified atom stereocenters. The van der Waals surface area contributed by atoms with Crippen molar-refractivity contribution in [1.29, 1.82) is 0 Å². The first kappa shape index (κ1) is 23.0. The van der Waals surface area contributed by atoms with Gasteiger partial charge in [-0.3, -0.25) is 0 Å². The van der Waals surface area contributed by atoms with Gasteiger partial charge in [-0.25, -0.2) is 0 Å². The van der Waals surface area contributed by atoms with Gasteiger partial charge in [0.15, 0.2) is 11.4 Å². The zero-order valence-corrected chi connectivity index (χ0v) is 23.2. The number of hydrogen-bond donors (Lipinski definition) is 0. The minimum absolute atomic E-state index is 0.641. The fraction of sp³-hybridized carbons (Fsp3) is 0.121. The molecule has 0 radical (unpaired) electrons. The normalized spacial score (nSPS) is 18.0. The summed E-state index contributed by atoms with van der Waals surface area (Å²) >= 11 is 3.27. The standard InChI is InChI=1S/C33H23BF2N2S2/c35-34(36)37-26(30(28-11-5-17-39-28)24-15-13-20-7-1-3-9-22(20)32(24)37)19-27-31(29-12-6-18-40-29)25-16-14-21-8-2-4-10-23(21)33(25)38(27)34/h1-12,17-19H,13-16H2. The summed E-state index contributed by atoms with van der Waals surface area (Å²) < 4.78 is 38.1. The van der Waals surface area contributed by atoms with E-state index in [2.05, 4.69) is 30.3 Å². The SMILES string of the molecule is F[B-]1(F)n2c(c(-c3cccs3)c3c2-c2ccccc2CC3)C=C2C(c3cccs3)=C3CCc4ccccc4C3=[N+]21. The van der Waals surface area contributed by atoms with Gasteiger partial charge in [0.05, 0.1) is 5.57 Å². The van der Waals surface area contributed by atoms with Crippen LogP contribution in [0.2, 0.25) is 0 Å². The Morgan fingerprint density at radius 1 is 0.725 bits per heavy atom. The number of halogens is 2. The number of aryl methyl sites for hydroxylation is 2. The summed E-state index contributed by atoms with van der Waals surface area (Å²) in [5.74, 6) is 0. The monoisotopic (exact) mass is 560 g/mol. The molecule has 2 aromatic carbocycles. The van der Waals surface area contributed by atoms with Gasteiger partial charge >= 0.3 is 6.97 Å². The quantitative estimate of drug-likeness (QED) is 0.191. The van der Waals surface area contributed by atoms with Crippen LogP contribution >= 0.6 is 22.7 Å². The van der Waals surface area contributed by atoms with Crippen molar-refractivity contribution < 1.29 is 13.1 Å². The number of allylic oxidation sites excluding steroid dienone is 2. The highest BCUT2D eigenvalue weighted by Crippen LogP contribution is 2.52. The lowest BCUT2D eigenvalue weighted by molar-refractivity contribution is -0.358. The van der Waals surface area contributed by atoms with Gasteiger partial charge in [-0.1, -0.05) is 54.6 Å². The molecule has 7 heteroatoms. The van der Waals surface area contributed by atoms with Crippen LogP contribution in [0.15, 0.2) is 94.8 Å². The summed E-state index contributed by atoms with van der Waals surface area (Å²) in [6.45, 7) is -4.20. The summed E-state index contributed by atoms with van der Waals surface area (Å²) in [5.41, 5.74) is 10.9. The van der Waals surface area contributed by atoms with Crippen LogP contribution in [-0.2, 0) is 19.3 Å². The molecule has 0 saturated heterocycles. The van der Waals surface area contributed by atoms with Crippen LogP contribution in [0.25, 0.3) is 33.3 Å². The van der Waals surface area contributed by atoms with Crippen LogP contribution in [0.4, 0.5) is 8.63 Å². The minimum Gasteiger partial charge on any atom is -0.389 e. The van der Waals surface area contributed by atoms with Gasteiger partial charge in [0.2, 0.25) is 0 Å². The van der Waals surface area contributed by atoms with Crippen LogP contribution in [0, 0.1) is 0 Å². The predicted molar refractivity (Wildman–Crippen MR) is 162 cm³/mol. The van der Waals surface area contributed by atoms with Gasteiger partial charge < -0.3 is 17.6 Å². The average molecular weight is 561 g/mol. The zero-order chi connectivity index (χ0) is 26.6. The molecule has 0 spiro atoms. The molecule has 0 bridgehead atoms. The van der Waals surface area contributed by atoms with Crippen molar-refractivity contribution in [1.82, 2.24) is 4.48 Å². The average Bonchev–Trinajstić information content (AvgIpc) is 3.77. The number of hydrogen-bond acceptors (Lipinski definition) is 2. The van der Waals surface area contributed by atoms with Crippen molar-refractivity contribution in [3.63, 3.8) is 0 Å². The Hall–Kier alpha value is -3.81. The zero-order valence-electron chi connectivity index (χ0n) is 21.5. The molecule has 0 saturated carbocycles. The van der Waals surface area contributed by atoms with Gasteiger partial charge in [-0.05, 0) is 76.9 Å². The highest BCUT2D eigenvalue weighted by atomic mass is 32.1. The molecule has 0 atom stereocenters. The van der Waals surface area contributed by atoms with Crippen molar-refractivity contribution >= 4 is 47.0 Å². The highest BCUT2D eigenvalue weighted by molar-refractivity contribution is 7.13. The summed E-state index contributed by atoms with van der Waals surface area (Å²) in [4.78, 5) is 2.11. The number of benzene rings is 2. The van der Waals surface area contributed by atoms with Crippen molar-refractivity contribution in [3.8, 4) is 21.7 Å². The van der Waals surface area contributed by atoms with Gasteiger partial charge in [0.1, 0.15) is 0 Å². The van der Waals surface area contributed by atoms with Crippen LogP contribution in [0.3, 0.4) is 0 Å². The van der Waals surface area contributed by atoms with Gasteiger partial charge in [0.25, 0.3) is 0 Å². The lowest BCUT2D eigenvalue weighted by atomic mass is 9.83. The number of aromatic nitrogens is 1. The molecule has 0 amide bonds. The Kier molecular flexibility index (Phi) is 4.66. The second-order valence-corrected chi connectivity index (χ2v) is 12.8. The molecule has 0 N–H and O–H groups in total. The Labute approximate surface area is 238 Å².